The lowest BCUT2D eigenvalue weighted by molar-refractivity contribution is -0.161. The Balaban J connectivity index is 5.23. The Morgan fingerprint density at radius 1 is 0.347 bits per heavy atom. The molecule has 560 valence electrons. The molecule has 0 spiro atoms. The molecule has 17 nitrogen and oxygen atoms in total. The number of esters is 4. The number of rotatable bonds is 73. The third-order valence-corrected chi connectivity index (χ3v) is 19.3. The zero-order valence-corrected chi connectivity index (χ0v) is 63.2. The van der Waals surface area contributed by atoms with Crippen LogP contribution in [0.5, 0.6) is 0 Å². The van der Waals surface area contributed by atoms with Crippen molar-refractivity contribution in [2.75, 3.05) is 39.6 Å². The van der Waals surface area contributed by atoms with Crippen LogP contribution in [0.1, 0.15) is 369 Å². The van der Waals surface area contributed by atoms with Gasteiger partial charge in [-0.2, -0.15) is 0 Å². The van der Waals surface area contributed by atoms with Crippen LogP contribution in [0.2, 0.25) is 0 Å². The number of phosphoric ester groups is 2. The van der Waals surface area contributed by atoms with Gasteiger partial charge in [0.05, 0.1) is 26.4 Å². The Kier molecular flexibility index (Phi) is 65.6. The summed E-state index contributed by atoms with van der Waals surface area (Å²) >= 11 is 0. The van der Waals surface area contributed by atoms with Gasteiger partial charge < -0.3 is 33.8 Å². The van der Waals surface area contributed by atoms with E-state index in [2.05, 4.69) is 65.8 Å². The molecule has 0 amide bonds. The average molecular weight is 1390 g/mol. The van der Waals surface area contributed by atoms with Crippen LogP contribution in [0.3, 0.4) is 0 Å². The molecule has 0 aromatic heterocycles. The summed E-state index contributed by atoms with van der Waals surface area (Å²) in [5.41, 5.74) is 0. The van der Waals surface area contributed by atoms with Crippen LogP contribution in [0.25, 0.3) is 0 Å². The molecule has 0 bridgehead atoms. The Labute approximate surface area is 580 Å². The van der Waals surface area contributed by atoms with Crippen LogP contribution >= 0.6 is 15.6 Å². The van der Waals surface area contributed by atoms with Crippen LogP contribution in [0, 0.1) is 11.8 Å². The van der Waals surface area contributed by atoms with Gasteiger partial charge in [-0.05, 0) is 63.2 Å². The zero-order valence-electron chi connectivity index (χ0n) is 61.5. The molecule has 0 aliphatic rings. The van der Waals surface area contributed by atoms with Crippen molar-refractivity contribution < 1.29 is 80.2 Å². The van der Waals surface area contributed by atoms with Crippen LogP contribution in [0.4, 0.5) is 0 Å². The Hall–Kier alpha value is -2.46. The molecule has 0 aromatic rings. The normalized spacial score (nSPS) is 14.5. The fraction of sp³-hybridized carbons (Fsp3) is 0.895. The SMILES string of the molecule is CCCCCC/C=C\C=C/CCCCCCCC(=O)OC[C@H](COP(=O)(O)OC[C@@H](O)COP(=O)(O)OC[C@@H](COC(=O)CCCCCCCCC)OC(=O)CCCCCCCCCCCCC(C)CC)OC(=O)CCCCCCCCCCCCCCCCCCC(C)C. The van der Waals surface area contributed by atoms with Gasteiger partial charge in [0.1, 0.15) is 19.3 Å². The third kappa shape index (κ3) is 68.5. The van der Waals surface area contributed by atoms with Gasteiger partial charge in [0.15, 0.2) is 12.2 Å². The predicted molar refractivity (Wildman–Crippen MR) is 386 cm³/mol. The molecule has 95 heavy (non-hydrogen) atoms. The molecule has 3 N–H and O–H groups in total. The summed E-state index contributed by atoms with van der Waals surface area (Å²) < 4.78 is 68.4. The predicted octanol–water partition coefficient (Wildman–Crippen LogP) is 21.9. The number of ether oxygens (including phenoxy) is 4. The van der Waals surface area contributed by atoms with Crippen molar-refractivity contribution in [1.82, 2.24) is 0 Å². The van der Waals surface area contributed by atoms with Gasteiger partial charge >= 0.3 is 39.5 Å². The first-order chi connectivity index (χ1) is 45.9. The lowest BCUT2D eigenvalue weighted by Crippen LogP contribution is -2.30. The van der Waals surface area contributed by atoms with Gasteiger partial charge in [0.25, 0.3) is 0 Å². The van der Waals surface area contributed by atoms with Gasteiger partial charge in [-0.3, -0.25) is 37.3 Å². The number of allylic oxidation sites excluding steroid dienone is 4. The first-order valence-electron chi connectivity index (χ1n) is 38.8. The average Bonchev–Trinajstić information content (AvgIpc) is 2.32. The lowest BCUT2D eigenvalue weighted by Gasteiger charge is -2.21. The fourth-order valence-electron chi connectivity index (χ4n) is 11.1. The number of hydrogen-bond donors (Lipinski definition) is 3. The minimum Gasteiger partial charge on any atom is -0.462 e. The number of aliphatic hydroxyl groups is 1. The number of phosphoric acid groups is 2. The highest BCUT2D eigenvalue weighted by Crippen LogP contribution is 2.45. The zero-order chi connectivity index (χ0) is 70.0. The molecule has 19 heteroatoms. The highest BCUT2D eigenvalue weighted by Gasteiger charge is 2.30. The molecule has 6 atom stereocenters. The minimum absolute atomic E-state index is 0.101. The maximum atomic E-state index is 13.1. The van der Waals surface area contributed by atoms with Gasteiger partial charge in [-0.1, -0.05) is 316 Å². The minimum atomic E-state index is -4.96. The maximum absolute atomic E-state index is 13.1. The van der Waals surface area contributed by atoms with E-state index in [9.17, 15) is 43.2 Å². The molecule has 0 saturated heterocycles. The summed E-state index contributed by atoms with van der Waals surface area (Å²) in [5.74, 6) is -0.542. The van der Waals surface area contributed by atoms with Gasteiger partial charge in [0.2, 0.25) is 0 Å². The highest BCUT2D eigenvalue weighted by atomic mass is 31.2. The van der Waals surface area contributed by atoms with E-state index in [1.807, 2.05) is 0 Å². The largest absolute Gasteiger partial charge is 0.472 e. The number of hydrogen-bond acceptors (Lipinski definition) is 15. The third-order valence-electron chi connectivity index (χ3n) is 17.4. The van der Waals surface area contributed by atoms with Crippen LogP contribution < -0.4 is 0 Å². The smallest absolute Gasteiger partial charge is 0.462 e. The molecule has 0 aliphatic carbocycles. The van der Waals surface area contributed by atoms with E-state index >= 15 is 0 Å². The van der Waals surface area contributed by atoms with Gasteiger partial charge in [-0.15, -0.1) is 0 Å². The van der Waals surface area contributed by atoms with E-state index in [4.69, 9.17) is 37.0 Å². The molecule has 0 heterocycles. The Morgan fingerprint density at radius 3 is 0.947 bits per heavy atom. The number of carbonyl (C=O) groups is 4. The van der Waals surface area contributed by atoms with Crippen LogP contribution in [-0.4, -0.2) is 96.7 Å². The van der Waals surface area contributed by atoms with Gasteiger partial charge in [-0.25, -0.2) is 9.13 Å². The molecule has 0 aromatic carbocycles. The van der Waals surface area contributed by atoms with Gasteiger partial charge in [0, 0.05) is 25.7 Å². The number of unbranched alkanes of at least 4 members (excludes halogenated alkanes) is 39. The van der Waals surface area contributed by atoms with Crippen molar-refractivity contribution in [2.45, 2.75) is 387 Å². The highest BCUT2D eigenvalue weighted by molar-refractivity contribution is 7.47. The fourth-order valence-corrected chi connectivity index (χ4v) is 12.7. The second-order valence-corrected chi connectivity index (χ2v) is 30.3. The second kappa shape index (κ2) is 67.4. The quantitative estimate of drug-likeness (QED) is 0.0169. The van der Waals surface area contributed by atoms with Crippen molar-refractivity contribution in [1.29, 1.82) is 0 Å². The first kappa shape index (κ1) is 92.5. The summed E-state index contributed by atoms with van der Waals surface area (Å²) in [6, 6.07) is 0. The molecule has 0 saturated carbocycles. The maximum Gasteiger partial charge on any atom is 0.472 e. The topological polar surface area (TPSA) is 237 Å². The summed E-state index contributed by atoms with van der Waals surface area (Å²) in [5, 5.41) is 10.6. The monoisotopic (exact) mass is 1390 g/mol. The van der Waals surface area contributed by atoms with Crippen molar-refractivity contribution in [3.8, 4) is 0 Å². The van der Waals surface area contributed by atoms with Crippen LogP contribution in [-0.2, 0) is 65.4 Å². The van der Waals surface area contributed by atoms with E-state index in [1.165, 1.54) is 154 Å². The van der Waals surface area contributed by atoms with E-state index in [-0.39, 0.29) is 25.7 Å². The summed E-state index contributed by atoms with van der Waals surface area (Å²) in [6.07, 6.45) is 57.7. The van der Waals surface area contributed by atoms with Crippen molar-refractivity contribution >= 4 is 39.5 Å². The van der Waals surface area contributed by atoms with Crippen LogP contribution in [0.15, 0.2) is 24.3 Å². The molecular weight excluding hydrogens is 1250 g/mol. The summed E-state index contributed by atoms with van der Waals surface area (Å²) in [6.45, 7) is 9.54. The van der Waals surface area contributed by atoms with E-state index < -0.39 is 97.5 Å². The summed E-state index contributed by atoms with van der Waals surface area (Å²) in [7, 11) is -9.92. The van der Waals surface area contributed by atoms with Crippen molar-refractivity contribution in [3.05, 3.63) is 24.3 Å². The molecule has 3 unspecified atom stereocenters. The first-order valence-corrected chi connectivity index (χ1v) is 41.8. The van der Waals surface area contributed by atoms with Crippen molar-refractivity contribution in [2.24, 2.45) is 11.8 Å². The molecule has 0 fully saturated rings. The second-order valence-electron chi connectivity index (χ2n) is 27.4. The van der Waals surface area contributed by atoms with E-state index in [0.29, 0.717) is 25.7 Å². The molecular formula is C76H144O17P2. The van der Waals surface area contributed by atoms with E-state index in [0.717, 1.165) is 134 Å². The summed E-state index contributed by atoms with van der Waals surface area (Å²) in [4.78, 5) is 72.6. The molecule has 0 aliphatic heterocycles. The number of aliphatic hydroxyl groups excluding tert-OH is 1. The van der Waals surface area contributed by atoms with E-state index in [1.54, 1.807) is 0 Å². The Morgan fingerprint density at radius 2 is 0.621 bits per heavy atom. The Bertz CT molecular complexity index is 1930. The standard InChI is InChI=1S/C76H144O17P2/c1-7-10-12-14-16-17-18-19-22-26-29-35-41-47-53-59-74(79)87-65-72(93-75(80)60-54-48-42-36-30-27-24-21-20-23-25-28-33-39-44-50-56-68(4)5)67-91-95(84,85)89-63-70(77)62-88-94(82,83)90-66-71(64-86-73(78)58-52-46-38-15-13-11-8-2)92-76(81)61-55-49-43-37-32-31-34-40-45-51-57-69(6)9-3/h17-19,22,68-72,77H,7-16,20-21,23-67H2,1-6H3,(H,82,83)(H,84,85)/b18-17-,22-19-/t69?,70-,71+,72+/m0/s1. The molecule has 0 radical (unpaired) electrons. The lowest BCUT2D eigenvalue weighted by atomic mass is 9.99. The number of carbonyl (C=O) groups excluding carboxylic acids is 4. The van der Waals surface area contributed by atoms with Crippen molar-refractivity contribution in [3.63, 3.8) is 0 Å². The molecule has 0 rings (SSSR count).